The van der Waals surface area contributed by atoms with Gasteiger partial charge in [0.05, 0.1) is 5.41 Å². The van der Waals surface area contributed by atoms with Crippen LogP contribution in [-0.4, -0.2) is 61.5 Å². The Balaban J connectivity index is 1.61. The number of ether oxygens (including phenoxy) is 1. The molecule has 5 nitrogen and oxygen atoms in total. The Morgan fingerprint density at radius 3 is 2.55 bits per heavy atom. The Morgan fingerprint density at radius 1 is 1.06 bits per heavy atom. The van der Waals surface area contributed by atoms with Crippen LogP contribution in [0.2, 0.25) is 0 Å². The average molecular weight is 421 g/mol. The molecule has 2 amide bonds. The minimum Gasteiger partial charge on any atom is -0.368 e. The number of hydrogen-bond donors (Lipinski definition) is 0. The molecule has 31 heavy (non-hydrogen) atoms. The molecule has 2 heterocycles. The van der Waals surface area contributed by atoms with Crippen molar-refractivity contribution in [2.24, 2.45) is 5.41 Å². The Bertz CT molecular complexity index is 921. The van der Waals surface area contributed by atoms with Crippen LogP contribution in [0.15, 0.2) is 54.6 Å². The van der Waals surface area contributed by atoms with E-state index in [0.717, 1.165) is 42.4 Å². The molecule has 0 unspecified atom stereocenters. The van der Waals surface area contributed by atoms with Crippen molar-refractivity contribution < 1.29 is 14.3 Å². The molecule has 0 saturated carbocycles. The molecule has 2 atom stereocenters. The summed E-state index contributed by atoms with van der Waals surface area (Å²) in [5, 5.41) is 0. The van der Waals surface area contributed by atoms with Crippen LogP contribution in [-0.2, 0) is 20.7 Å². The second-order valence-corrected chi connectivity index (χ2v) is 9.09. The Morgan fingerprint density at radius 2 is 1.84 bits per heavy atom. The van der Waals surface area contributed by atoms with Gasteiger partial charge < -0.3 is 14.5 Å². The fraction of sp³-hybridized carbons (Fsp3) is 0.462. The van der Waals surface area contributed by atoms with Gasteiger partial charge in [-0.1, -0.05) is 54.6 Å². The zero-order valence-electron chi connectivity index (χ0n) is 18.5. The van der Waals surface area contributed by atoms with Crippen LogP contribution in [0.3, 0.4) is 0 Å². The maximum Gasteiger partial charge on any atom is 0.251 e. The fourth-order valence-corrected chi connectivity index (χ4v) is 5.05. The summed E-state index contributed by atoms with van der Waals surface area (Å²) in [5.41, 5.74) is 2.83. The second kappa shape index (κ2) is 9.23. The number of piperidine rings is 1. The number of benzene rings is 2. The van der Waals surface area contributed by atoms with E-state index >= 15 is 0 Å². The topological polar surface area (TPSA) is 49.9 Å². The van der Waals surface area contributed by atoms with E-state index in [1.807, 2.05) is 37.2 Å². The highest BCUT2D eigenvalue weighted by molar-refractivity contribution is 5.86. The third-order valence-corrected chi connectivity index (χ3v) is 6.53. The number of hydrogen-bond acceptors (Lipinski definition) is 3. The summed E-state index contributed by atoms with van der Waals surface area (Å²) >= 11 is 0. The highest BCUT2D eigenvalue weighted by Gasteiger charge is 2.45. The van der Waals surface area contributed by atoms with E-state index < -0.39 is 5.41 Å². The van der Waals surface area contributed by atoms with Crippen molar-refractivity contribution in [3.8, 4) is 11.1 Å². The van der Waals surface area contributed by atoms with Crippen molar-refractivity contribution in [3.05, 3.63) is 60.2 Å². The van der Waals surface area contributed by atoms with Gasteiger partial charge in [-0.2, -0.15) is 0 Å². The molecular formula is C26H32N2O3. The first-order valence-corrected chi connectivity index (χ1v) is 11.2. The van der Waals surface area contributed by atoms with Gasteiger partial charge in [0.2, 0.25) is 5.91 Å². The summed E-state index contributed by atoms with van der Waals surface area (Å²) in [7, 11) is 3.62. The van der Waals surface area contributed by atoms with E-state index in [1.54, 1.807) is 4.90 Å². The van der Waals surface area contributed by atoms with Crippen molar-refractivity contribution in [1.29, 1.82) is 0 Å². The standard InChI is InChI=1S/C26H32N2O3/c1-27(2)25(30)26(14-8-15-28(19-26)24(29)23-13-7-16-31-23)18-20-9-6-12-22(17-20)21-10-4-3-5-11-21/h3-6,9-12,17,23H,7-8,13-16,18-19H2,1-2H3/t23-,26-/m1/s1. The van der Waals surface area contributed by atoms with Gasteiger partial charge in [-0.3, -0.25) is 9.59 Å². The lowest BCUT2D eigenvalue weighted by Crippen LogP contribution is -2.55. The predicted molar refractivity (Wildman–Crippen MR) is 121 cm³/mol. The molecule has 0 bridgehead atoms. The van der Waals surface area contributed by atoms with Crippen LogP contribution in [0.25, 0.3) is 11.1 Å². The van der Waals surface area contributed by atoms with E-state index in [2.05, 4.69) is 36.4 Å². The molecule has 2 aliphatic heterocycles. The van der Waals surface area contributed by atoms with Gasteiger partial charge in [0.1, 0.15) is 6.10 Å². The molecule has 5 heteroatoms. The Labute approximate surface area is 185 Å². The SMILES string of the molecule is CN(C)C(=O)[C@@]1(Cc2cccc(-c3ccccc3)c2)CCCN(C(=O)[C@H]2CCCO2)C1. The van der Waals surface area contributed by atoms with Gasteiger partial charge in [0.25, 0.3) is 5.91 Å². The average Bonchev–Trinajstić information content (AvgIpc) is 3.34. The number of carbonyl (C=O) groups excluding carboxylic acids is 2. The highest BCUT2D eigenvalue weighted by Crippen LogP contribution is 2.37. The van der Waals surface area contributed by atoms with E-state index in [9.17, 15) is 9.59 Å². The van der Waals surface area contributed by atoms with Gasteiger partial charge in [-0.15, -0.1) is 0 Å². The highest BCUT2D eigenvalue weighted by atomic mass is 16.5. The van der Waals surface area contributed by atoms with E-state index in [0.29, 0.717) is 26.1 Å². The Kier molecular flexibility index (Phi) is 6.42. The normalized spacial score (nSPS) is 23.5. The summed E-state index contributed by atoms with van der Waals surface area (Å²) in [5.74, 6) is 0.147. The van der Waals surface area contributed by atoms with E-state index in [1.165, 1.54) is 0 Å². The molecular weight excluding hydrogens is 388 g/mol. The summed E-state index contributed by atoms with van der Waals surface area (Å²) in [4.78, 5) is 30.0. The van der Waals surface area contributed by atoms with Gasteiger partial charge in [0.15, 0.2) is 0 Å². The first-order chi connectivity index (χ1) is 15.0. The van der Waals surface area contributed by atoms with Crippen molar-refractivity contribution >= 4 is 11.8 Å². The van der Waals surface area contributed by atoms with Crippen molar-refractivity contribution in [3.63, 3.8) is 0 Å². The molecule has 0 aromatic heterocycles. The number of rotatable bonds is 5. The van der Waals surface area contributed by atoms with Gasteiger partial charge in [0, 0.05) is 33.8 Å². The van der Waals surface area contributed by atoms with Crippen molar-refractivity contribution in [1.82, 2.24) is 9.80 Å². The quantitative estimate of drug-likeness (QED) is 0.740. The number of amides is 2. The number of likely N-dealkylation sites (tertiary alicyclic amines) is 1. The van der Waals surface area contributed by atoms with Crippen molar-refractivity contribution in [2.45, 2.75) is 38.2 Å². The third-order valence-electron chi connectivity index (χ3n) is 6.53. The first kappa shape index (κ1) is 21.6. The summed E-state index contributed by atoms with van der Waals surface area (Å²) in [6, 6.07) is 18.7. The summed E-state index contributed by atoms with van der Waals surface area (Å²) in [6.45, 7) is 1.81. The third kappa shape index (κ3) is 4.67. The molecule has 4 rings (SSSR count). The van der Waals surface area contributed by atoms with Crippen LogP contribution < -0.4 is 0 Å². The zero-order valence-corrected chi connectivity index (χ0v) is 18.5. The summed E-state index contributed by atoms with van der Waals surface area (Å²) < 4.78 is 5.64. The molecule has 0 spiro atoms. The minimum atomic E-state index is -0.606. The largest absolute Gasteiger partial charge is 0.368 e. The second-order valence-electron chi connectivity index (χ2n) is 9.09. The molecule has 164 valence electrons. The van der Waals surface area contributed by atoms with Crippen LogP contribution >= 0.6 is 0 Å². The molecule has 2 aromatic carbocycles. The maximum absolute atomic E-state index is 13.4. The fourth-order valence-electron chi connectivity index (χ4n) is 5.05. The Hall–Kier alpha value is -2.66. The zero-order chi connectivity index (χ0) is 21.8. The number of nitrogens with zero attached hydrogens (tertiary/aromatic N) is 2. The first-order valence-electron chi connectivity index (χ1n) is 11.2. The predicted octanol–water partition coefficient (Wildman–Crippen LogP) is 3.77. The molecule has 2 aliphatic rings. The molecule has 2 saturated heterocycles. The van der Waals surface area contributed by atoms with Crippen LogP contribution in [0.1, 0.15) is 31.2 Å². The van der Waals surface area contributed by atoms with Crippen molar-refractivity contribution in [2.75, 3.05) is 33.8 Å². The lowest BCUT2D eigenvalue weighted by molar-refractivity contribution is -0.151. The summed E-state index contributed by atoms with van der Waals surface area (Å²) in [6.07, 6.45) is 3.61. The van der Waals surface area contributed by atoms with Gasteiger partial charge in [-0.05, 0) is 48.8 Å². The smallest absolute Gasteiger partial charge is 0.251 e. The molecule has 0 aliphatic carbocycles. The lowest BCUT2D eigenvalue weighted by atomic mass is 9.73. The van der Waals surface area contributed by atoms with Gasteiger partial charge >= 0.3 is 0 Å². The lowest BCUT2D eigenvalue weighted by Gasteiger charge is -2.43. The van der Waals surface area contributed by atoms with Gasteiger partial charge in [-0.25, -0.2) is 0 Å². The molecule has 0 N–H and O–H groups in total. The molecule has 2 fully saturated rings. The van der Waals surface area contributed by atoms with Crippen LogP contribution in [0, 0.1) is 5.41 Å². The van der Waals surface area contributed by atoms with Crippen LogP contribution in [0.5, 0.6) is 0 Å². The maximum atomic E-state index is 13.4. The molecule has 2 aromatic rings. The number of carbonyl (C=O) groups is 2. The molecule has 0 radical (unpaired) electrons. The van der Waals surface area contributed by atoms with Crippen LogP contribution in [0.4, 0.5) is 0 Å². The monoisotopic (exact) mass is 420 g/mol. The van der Waals surface area contributed by atoms with E-state index in [4.69, 9.17) is 4.74 Å². The van der Waals surface area contributed by atoms with E-state index in [-0.39, 0.29) is 17.9 Å². The minimum absolute atomic E-state index is 0.0474.